The molecule has 8 nitrogen and oxygen atoms in total. The van der Waals surface area contributed by atoms with Crippen molar-refractivity contribution in [1.29, 1.82) is 0 Å². The van der Waals surface area contributed by atoms with Gasteiger partial charge in [0.15, 0.2) is 5.13 Å². The Morgan fingerprint density at radius 2 is 2.00 bits per heavy atom. The molecule has 2 aliphatic rings. The first-order chi connectivity index (χ1) is 15.8. The molecule has 33 heavy (non-hydrogen) atoms. The first kappa shape index (κ1) is 24.3. The highest BCUT2D eigenvalue weighted by Gasteiger charge is 2.39. The van der Waals surface area contributed by atoms with Crippen LogP contribution >= 0.6 is 22.7 Å². The van der Waals surface area contributed by atoms with Gasteiger partial charge in [-0.05, 0) is 32.3 Å². The minimum atomic E-state index is -3.76. The number of amides is 2. The number of thiophene rings is 1. The molecule has 0 bridgehead atoms. The Labute approximate surface area is 203 Å². The van der Waals surface area contributed by atoms with Gasteiger partial charge >= 0.3 is 0 Å². The summed E-state index contributed by atoms with van der Waals surface area (Å²) in [4.78, 5) is 34.0. The van der Waals surface area contributed by atoms with Crippen LogP contribution in [0.5, 0.6) is 0 Å². The van der Waals surface area contributed by atoms with Gasteiger partial charge in [0.05, 0.1) is 11.4 Å². The van der Waals surface area contributed by atoms with E-state index in [4.69, 9.17) is 0 Å². The van der Waals surface area contributed by atoms with Gasteiger partial charge in [0.2, 0.25) is 21.8 Å². The van der Waals surface area contributed by atoms with Crippen molar-refractivity contribution >= 4 is 49.6 Å². The normalized spacial score (nSPS) is 19.6. The van der Waals surface area contributed by atoms with Gasteiger partial charge in [0.1, 0.15) is 6.04 Å². The van der Waals surface area contributed by atoms with E-state index in [2.05, 4.69) is 10.3 Å². The van der Waals surface area contributed by atoms with E-state index in [1.54, 1.807) is 29.5 Å². The monoisotopic (exact) mass is 510 g/mol. The molecule has 1 unspecified atom stereocenters. The number of aryl methyl sites for hydroxylation is 2. The van der Waals surface area contributed by atoms with Crippen LogP contribution in [0.25, 0.3) is 0 Å². The van der Waals surface area contributed by atoms with Crippen molar-refractivity contribution in [2.45, 2.75) is 63.3 Å². The Morgan fingerprint density at radius 3 is 2.61 bits per heavy atom. The van der Waals surface area contributed by atoms with E-state index in [1.807, 2.05) is 6.92 Å². The summed E-state index contributed by atoms with van der Waals surface area (Å²) >= 11 is 2.77. The van der Waals surface area contributed by atoms with E-state index in [9.17, 15) is 18.0 Å². The van der Waals surface area contributed by atoms with Crippen LogP contribution in [0.3, 0.4) is 0 Å². The number of piperazine rings is 1. The zero-order valence-electron chi connectivity index (χ0n) is 19.0. The Morgan fingerprint density at radius 1 is 1.24 bits per heavy atom. The minimum absolute atomic E-state index is 0.175. The van der Waals surface area contributed by atoms with Crippen LogP contribution < -0.4 is 5.32 Å². The number of carbonyl (C=O) groups is 2. The fraction of sp³-hybridized carbons (Fsp3) is 0.591. The second-order valence-electron chi connectivity index (χ2n) is 8.79. The van der Waals surface area contributed by atoms with Crippen LogP contribution in [0.15, 0.2) is 22.5 Å². The maximum Gasteiger partial charge on any atom is 0.248 e. The van der Waals surface area contributed by atoms with Crippen molar-refractivity contribution in [1.82, 2.24) is 14.2 Å². The molecular weight excluding hydrogens is 480 g/mol. The largest absolute Gasteiger partial charge is 0.328 e. The summed E-state index contributed by atoms with van der Waals surface area (Å²) in [6.45, 7) is 3.78. The highest BCUT2D eigenvalue weighted by molar-refractivity contribution is 7.89. The molecule has 0 aromatic carbocycles. The summed E-state index contributed by atoms with van der Waals surface area (Å²) in [7, 11) is -3.76. The summed E-state index contributed by atoms with van der Waals surface area (Å²) in [5, 5.41) is 5.14. The predicted molar refractivity (Wildman–Crippen MR) is 130 cm³/mol. The second-order valence-corrected chi connectivity index (χ2v) is 13.0. The van der Waals surface area contributed by atoms with Crippen molar-refractivity contribution in [3.8, 4) is 0 Å². The van der Waals surface area contributed by atoms with Crippen LogP contribution in [0.2, 0.25) is 0 Å². The third-order valence-corrected chi connectivity index (χ3v) is 10.2. The van der Waals surface area contributed by atoms with Crippen molar-refractivity contribution < 1.29 is 18.0 Å². The van der Waals surface area contributed by atoms with Crippen molar-refractivity contribution in [3.63, 3.8) is 0 Å². The Hall–Kier alpha value is -1.82. The highest BCUT2D eigenvalue weighted by atomic mass is 32.2. The van der Waals surface area contributed by atoms with Crippen LogP contribution in [0.4, 0.5) is 5.13 Å². The second kappa shape index (κ2) is 10.2. The Kier molecular flexibility index (Phi) is 7.52. The van der Waals surface area contributed by atoms with Gasteiger partial charge in [-0.15, -0.1) is 22.7 Å². The van der Waals surface area contributed by atoms with E-state index < -0.39 is 16.1 Å². The quantitative estimate of drug-likeness (QED) is 0.613. The SMILES string of the molecule is Cc1cc(S(=O)(=O)N2CCN(C(CC3CCCCC3)C(=O)Nc3nccs3)C(=O)C2)c(C)s1. The summed E-state index contributed by atoms with van der Waals surface area (Å²) < 4.78 is 27.6. The lowest BCUT2D eigenvalue weighted by atomic mass is 9.84. The topological polar surface area (TPSA) is 99.7 Å². The first-order valence-electron chi connectivity index (χ1n) is 11.3. The van der Waals surface area contributed by atoms with E-state index >= 15 is 0 Å². The lowest BCUT2D eigenvalue weighted by molar-refractivity contribution is -0.142. The molecule has 1 aliphatic heterocycles. The van der Waals surface area contributed by atoms with Gasteiger partial charge in [-0.2, -0.15) is 4.31 Å². The molecule has 0 spiro atoms. The van der Waals surface area contributed by atoms with E-state index in [0.29, 0.717) is 17.5 Å². The number of carbonyl (C=O) groups excluding carboxylic acids is 2. The summed E-state index contributed by atoms with van der Waals surface area (Å²) in [6, 6.07) is 1.04. The van der Waals surface area contributed by atoms with Crippen molar-refractivity contribution in [3.05, 3.63) is 27.4 Å². The fourth-order valence-electron chi connectivity index (χ4n) is 4.79. The molecule has 3 heterocycles. The highest BCUT2D eigenvalue weighted by Crippen LogP contribution is 2.31. The molecule has 1 saturated carbocycles. The van der Waals surface area contributed by atoms with Crippen LogP contribution in [-0.4, -0.2) is 60.1 Å². The third-order valence-electron chi connectivity index (χ3n) is 6.46. The number of anilines is 1. The van der Waals surface area contributed by atoms with Crippen molar-refractivity contribution in [2.24, 2.45) is 5.92 Å². The van der Waals surface area contributed by atoms with Gasteiger partial charge in [-0.3, -0.25) is 9.59 Å². The lowest BCUT2D eigenvalue weighted by Gasteiger charge is -2.39. The molecule has 1 atom stereocenters. The van der Waals surface area contributed by atoms with Crippen LogP contribution in [-0.2, 0) is 19.6 Å². The molecule has 1 saturated heterocycles. The summed E-state index contributed by atoms with van der Waals surface area (Å²) in [5.74, 6) is -0.189. The van der Waals surface area contributed by atoms with Gasteiger partial charge < -0.3 is 10.2 Å². The molecule has 0 radical (unpaired) electrons. The molecule has 4 rings (SSSR count). The van der Waals surface area contributed by atoms with Crippen LogP contribution in [0.1, 0.15) is 48.3 Å². The molecule has 2 fully saturated rings. The average molecular weight is 511 g/mol. The Bertz CT molecular complexity index is 1090. The number of nitrogens with one attached hydrogen (secondary N) is 1. The van der Waals surface area contributed by atoms with E-state index in [-0.39, 0.29) is 36.3 Å². The minimum Gasteiger partial charge on any atom is -0.328 e. The van der Waals surface area contributed by atoms with Gasteiger partial charge in [0.25, 0.3) is 0 Å². The number of sulfonamides is 1. The summed E-state index contributed by atoms with van der Waals surface area (Å²) in [6.07, 6.45) is 7.83. The smallest absolute Gasteiger partial charge is 0.248 e. The van der Waals surface area contributed by atoms with Crippen molar-refractivity contribution in [2.75, 3.05) is 25.0 Å². The van der Waals surface area contributed by atoms with Gasteiger partial charge in [-0.1, -0.05) is 32.1 Å². The molecule has 1 aliphatic carbocycles. The zero-order chi connectivity index (χ0) is 23.6. The molecule has 1 N–H and O–H groups in total. The average Bonchev–Trinajstić information content (AvgIpc) is 3.42. The molecule has 2 aromatic rings. The van der Waals surface area contributed by atoms with Gasteiger partial charge in [0, 0.05) is 34.4 Å². The molecular formula is C22H30N4O4S3. The molecule has 2 amide bonds. The van der Waals surface area contributed by atoms with Gasteiger partial charge in [-0.25, -0.2) is 13.4 Å². The number of rotatable bonds is 7. The maximum atomic E-state index is 13.2. The maximum absolute atomic E-state index is 13.2. The standard InChI is InChI=1S/C22H30N4O4S3/c1-15-12-19(16(2)32-15)33(29,30)25-9-10-26(20(27)14-25)18(13-17-6-4-3-5-7-17)21(28)24-22-23-8-11-31-22/h8,11-12,17-18H,3-7,9-10,13-14H2,1-2H3,(H,23,24,28). The zero-order valence-corrected chi connectivity index (χ0v) is 21.4. The first-order valence-corrected chi connectivity index (χ1v) is 14.5. The number of aromatic nitrogens is 1. The number of hydrogen-bond donors (Lipinski definition) is 1. The lowest BCUT2D eigenvalue weighted by Crippen LogP contribution is -2.58. The van der Waals surface area contributed by atoms with E-state index in [1.165, 1.54) is 33.4 Å². The fourth-order valence-corrected chi connectivity index (χ4v) is 8.23. The summed E-state index contributed by atoms with van der Waals surface area (Å²) in [5.41, 5.74) is 0. The number of hydrogen-bond acceptors (Lipinski definition) is 7. The third kappa shape index (κ3) is 5.47. The number of nitrogens with zero attached hydrogens (tertiary/aromatic N) is 3. The van der Waals surface area contributed by atoms with Crippen LogP contribution in [0, 0.1) is 19.8 Å². The molecule has 180 valence electrons. The molecule has 11 heteroatoms. The van der Waals surface area contributed by atoms with E-state index in [0.717, 1.165) is 35.4 Å². The molecule has 2 aromatic heterocycles. The number of thiazole rings is 1. The predicted octanol–water partition coefficient (Wildman–Crippen LogP) is 3.63. The Balaban J connectivity index is 1.51.